The Bertz CT molecular complexity index is 824. The van der Waals surface area contributed by atoms with E-state index < -0.39 is 12.6 Å². The van der Waals surface area contributed by atoms with Gasteiger partial charge in [0.15, 0.2) is 0 Å². The van der Waals surface area contributed by atoms with Gasteiger partial charge in [0.25, 0.3) is 0 Å². The Morgan fingerprint density at radius 2 is 2.18 bits per heavy atom. The van der Waals surface area contributed by atoms with Crippen molar-refractivity contribution in [2.75, 3.05) is 32.1 Å². The van der Waals surface area contributed by atoms with Crippen molar-refractivity contribution >= 4 is 23.2 Å². The van der Waals surface area contributed by atoms with Crippen molar-refractivity contribution in [2.24, 2.45) is 5.84 Å². The van der Waals surface area contributed by atoms with Gasteiger partial charge in [0.2, 0.25) is 12.3 Å². The van der Waals surface area contributed by atoms with Gasteiger partial charge in [0.05, 0.1) is 17.8 Å². The summed E-state index contributed by atoms with van der Waals surface area (Å²) in [5.74, 6) is 6.01. The Labute approximate surface area is 201 Å². The number of anilines is 1. The highest BCUT2D eigenvalue weighted by Gasteiger charge is 2.36. The van der Waals surface area contributed by atoms with E-state index in [0.717, 1.165) is 5.56 Å². The number of nitrogens with two attached hydrogens (primary N) is 1. The Kier molecular flexibility index (Phi) is 10.6. The molecule has 0 spiro atoms. The van der Waals surface area contributed by atoms with Crippen molar-refractivity contribution in [1.82, 2.24) is 15.2 Å². The molecule has 9 nitrogen and oxygen atoms in total. The number of nitrogens with one attached hydrogen (secondary N) is 2. The molecule has 0 saturated carbocycles. The van der Waals surface area contributed by atoms with Gasteiger partial charge in [0.1, 0.15) is 6.23 Å². The average molecular weight is 484 g/mol. The van der Waals surface area contributed by atoms with Crippen molar-refractivity contribution in [3.05, 3.63) is 40.6 Å². The van der Waals surface area contributed by atoms with E-state index in [1.807, 2.05) is 44.7 Å². The van der Waals surface area contributed by atoms with Gasteiger partial charge in [-0.15, -0.1) is 0 Å². The van der Waals surface area contributed by atoms with Crippen LogP contribution in [0.3, 0.4) is 0 Å². The van der Waals surface area contributed by atoms with Crippen molar-refractivity contribution in [3.8, 4) is 0 Å². The molecule has 0 radical (unpaired) electrons. The quantitative estimate of drug-likeness (QED) is 0.456. The fourth-order valence-corrected chi connectivity index (χ4v) is 4.20. The number of nitrogens with zero attached hydrogens (tertiary/aromatic N) is 2. The largest absolute Gasteiger partial charge is 0.372 e. The molecule has 5 N–H and O–H groups in total. The maximum atomic E-state index is 11.6. The lowest BCUT2D eigenvalue weighted by molar-refractivity contribution is -0.138. The van der Waals surface area contributed by atoms with Crippen LogP contribution in [-0.4, -0.2) is 72.5 Å². The summed E-state index contributed by atoms with van der Waals surface area (Å²) < 4.78 is 10.9. The molecule has 1 aromatic carbocycles. The van der Waals surface area contributed by atoms with E-state index in [-0.39, 0.29) is 24.0 Å². The molecule has 0 aliphatic carbocycles. The fourth-order valence-electron chi connectivity index (χ4n) is 4.02. The van der Waals surface area contributed by atoms with Gasteiger partial charge in [0, 0.05) is 50.3 Å². The number of methoxy groups -OCH3 is 1. The second-order valence-corrected chi connectivity index (χ2v) is 8.55. The molecule has 2 aliphatic rings. The summed E-state index contributed by atoms with van der Waals surface area (Å²) in [5, 5.41) is 19.2. The summed E-state index contributed by atoms with van der Waals surface area (Å²) in [5.41, 5.74) is 2.12. The third-order valence-corrected chi connectivity index (χ3v) is 5.84. The zero-order valence-electron chi connectivity index (χ0n) is 20.3. The lowest BCUT2D eigenvalue weighted by atomic mass is 9.96. The van der Waals surface area contributed by atoms with E-state index in [4.69, 9.17) is 26.9 Å². The number of halogens is 1. The highest BCUT2D eigenvalue weighted by atomic mass is 35.5. The van der Waals surface area contributed by atoms with Gasteiger partial charge < -0.3 is 24.9 Å². The molecule has 1 amide bonds. The number of rotatable bonds is 6. The summed E-state index contributed by atoms with van der Waals surface area (Å²) in [7, 11) is 1.58. The van der Waals surface area contributed by atoms with Crippen LogP contribution in [-0.2, 0) is 14.3 Å². The number of aliphatic hydroxyl groups excluding tert-OH is 1. The Morgan fingerprint density at radius 3 is 2.79 bits per heavy atom. The number of carbonyl (C=O) groups excluding carboxylic acids is 1. The SMILES string of the molecule is CC.COC1NCC(CN2CC(C)N(N)/C(=C\C(C)c3ccc(Cl)cc3NC(C)=O)C2O)O1. The van der Waals surface area contributed by atoms with Gasteiger partial charge in [-0.2, -0.15) is 0 Å². The van der Waals surface area contributed by atoms with Gasteiger partial charge in [-0.3, -0.25) is 15.0 Å². The molecular weight excluding hydrogens is 446 g/mol. The number of carbonyl (C=O) groups is 1. The highest BCUT2D eigenvalue weighted by molar-refractivity contribution is 6.31. The lowest BCUT2D eigenvalue weighted by Gasteiger charge is -2.44. The Balaban J connectivity index is 0.00000187. The van der Waals surface area contributed by atoms with E-state index >= 15 is 0 Å². The molecule has 2 saturated heterocycles. The minimum Gasteiger partial charge on any atom is -0.372 e. The highest BCUT2D eigenvalue weighted by Crippen LogP contribution is 2.31. The third-order valence-electron chi connectivity index (χ3n) is 5.60. The first-order valence-electron chi connectivity index (χ1n) is 11.4. The van der Waals surface area contributed by atoms with E-state index in [9.17, 15) is 9.90 Å². The predicted molar refractivity (Wildman–Crippen MR) is 130 cm³/mol. The van der Waals surface area contributed by atoms with Crippen LogP contribution >= 0.6 is 11.6 Å². The zero-order valence-corrected chi connectivity index (χ0v) is 21.1. The Morgan fingerprint density at radius 1 is 1.48 bits per heavy atom. The van der Waals surface area contributed by atoms with Crippen molar-refractivity contribution < 1.29 is 19.4 Å². The minimum atomic E-state index is -0.884. The van der Waals surface area contributed by atoms with Crippen LogP contribution in [0.4, 0.5) is 5.69 Å². The maximum Gasteiger partial charge on any atom is 0.221 e. The fraction of sp³-hybridized carbons (Fsp3) is 0.609. The van der Waals surface area contributed by atoms with Crippen LogP contribution in [0.5, 0.6) is 0 Å². The van der Waals surface area contributed by atoms with Crippen LogP contribution in [0.2, 0.25) is 5.02 Å². The summed E-state index contributed by atoms with van der Waals surface area (Å²) in [6, 6.07) is 5.36. The van der Waals surface area contributed by atoms with Gasteiger partial charge in [-0.25, -0.2) is 5.84 Å². The van der Waals surface area contributed by atoms with E-state index in [2.05, 4.69) is 10.6 Å². The van der Waals surface area contributed by atoms with Gasteiger partial charge >= 0.3 is 0 Å². The topological polar surface area (TPSA) is 112 Å². The van der Waals surface area contributed by atoms with Crippen LogP contribution in [0, 0.1) is 0 Å². The number of hydrazine groups is 1. The summed E-state index contributed by atoms with van der Waals surface area (Å²) >= 11 is 6.12. The van der Waals surface area contributed by atoms with Gasteiger partial charge in [-0.05, 0) is 24.6 Å². The lowest BCUT2D eigenvalue weighted by Crippen LogP contribution is -2.59. The monoisotopic (exact) mass is 483 g/mol. The number of piperazine rings is 1. The molecule has 186 valence electrons. The maximum absolute atomic E-state index is 11.6. The molecule has 10 heteroatoms. The van der Waals surface area contributed by atoms with Crippen molar-refractivity contribution in [1.29, 1.82) is 0 Å². The second kappa shape index (κ2) is 12.7. The van der Waals surface area contributed by atoms with E-state index in [0.29, 0.717) is 36.0 Å². The molecular formula is C23H38ClN5O4. The first kappa shape index (κ1) is 27.5. The van der Waals surface area contributed by atoms with Gasteiger partial charge in [-0.1, -0.05) is 44.5 Å². The molecule has 3 rings (SSSR count). The summed E-state index contributed by atoms with van der Waals surface area (Å²) in [6.07, 6.45) is 0.512. The molecule has 0 aromatic heterocycles. The molecule has 2 fully saturated rings. The van der Waals surface area contributed by atoms with Crippen molar-refractivity contribution in [2.45, 2.75) is 65.3 Å². The molecule has 5 unspecified atom stereocenters. The molecule has 0 bridgehead atoms. The van der Waals surface area contributed by atoms with Crippen LogP contribution in [0.25, 0.3) is 0 Å². The number of amides is 1. The van der Waals surface area contributed by atoms with E-state index in [1.165, 1.54) is 6.92 Å². The van der Waals surface area contributed by atoms with E-state index in [1.54, 1.807) is 24.3 Å². The van der Waals surface area contributed by atoms with Crippen molar-refractivity contribution in [3.63, 3.8) is 0 Å². The zero-order chi connectivity index (χ0) is 24.7. The number of hydrogen-bond acceptors (Lipinski definition) is 8. The van der Waals surface area contributed by atoms with Crippen LogP contribution < -0.4 is 16.5 Å². The summed E-state index contributed by atoms with van der Waals surface area (Å²) in [6.45, 7) is 11.2. The normalized spacial score (nSPS) is 27.8. The molecule has 2 heterocycles. The minimum absolute atomic E-state index is 0.00512. The number of hydrogen-bond donors (Lipinski definition) is 4. The molecule has 2 aliphatic heterocycles. The number of allylic oxidation sites excluding steroid dienone is 1. The first-order chi connectivity index (χ1) is 15.7. The predicted octanol–water partition coefficient (Wildman–Crippen LogP) is 2.43. The smallest absolute Gasteiger partial charge is 0.221 e. The standard InChI is InChI=1S/C21H32ClN5O4.C2H6/c1-12(17-6-5-15(22)8-18(17)25-14(3)28)7-19-20(29)26(10-13(2)27(19)23)11-16-9-24-21(30-4)31-16;1-2/h5-8,12-13,16,20-21,24,29H,9-11,23H2,1-4H3,(H,25,28);1-2H3/b19-7-;. The van der Waals surface area contributed by atoms with Crippen LogP contribution in [0.1, 0.15) is 46.1 Å². The molecule has 33 heavy (non-hydrogen) atoms. The number of ether oxygens (including phenoxy) is 2. The average Bonchev–Trinajstić information content (AvgIpc) is 3.23. The second-order valence-electron chi connectivity index (χ2n) is 8.11. The number of aliphatic hydroxyl groups is 1. The molecule has 1 aromatic rings. The Hall–Kier alpha value is -1.72. The molecule has 5 atom stereocenters. The number of benzene rings is 1. The summed E-state index contributed by atoms with van der Waals surface area (Å²) in [4.78, 5) is 13.6. The van der Waals surface area contributed by atoms with Crippen LogP contribution in [0.15, 0.2) is 30.0 Å². The first-order valence-corrected chi connectivity index (χ1v) is 11.7. The third kappa shape index (κ3) is 7.13.